The van der Waals surface area contributed by atoms with Gasteiger partial charge in [0.05, 0.1) is 0 Å². The highest BCUT2D eigenvalue weighted by Crippen LogP contribution is 2.75. The Labute approximate surface area is 310 Å². The van der Waals surface area contributed by atoms with Crippen LogP contribution in [0.25, 0.3) is 0 Å². The fourth-order valence-corrected chi connectivity index (χ4v) is 14.3. The van der Waals surface area contributed by atoms with Gasteiger partial charge in [0.25, 0.3) is 0 Å². The molecule has 0 radical (unpaired) electrons. The summed E-state index contributed by atoms with van der Waals surface area (Å²) in [5, 5.41) is 16.1. The zero-order valence-corrected chi connectivity index (χ0v) is 33.2. The molecule has 3 N–H and O–H groups in total. The van der Waals surface area contributed by atoms with Crippen LogP contribution in [0.15, 0.2) is 12.7 Å². The topological polar surface area (TPSA) is 119 Å². The van der Waals surface area contributed by atoms with Crippen molar-refractivity contribution in [1.29, 1.82) is 0 Å². The van der Waals surface area contributed by atoms with E-state index in [1.54, 1.807) is 11.0 Å². The second kappa shape index (κ2) is 14.8. The van der Waals surface area contributed by atoms with Gasteiger partial charge in [0.2, 0.25) is 0 Å². The summed E-state index contributed by atoms with van der Waals surface area (Å²) < 4.78 is 11.7. The second-order valence-electron chi connectivity index (χ2n) is 18.5. The molecule has 7 aliphatic rings. The highest BCUT2D eigenvalue weighted by atomic mass is 32.2. The molecule has 51 heavy (non-hydrogen) atoms. The van der Waals surface area contributed by atoms with Gasteiger partial charge in [-0.05, 0) is 149 Å². The molecule has 0 bridgehead atoms. The summed E-state index contributed by atoms with van der Waals surface area (Å²) in [6.45, 7) is 21.1. The summed E-state index contributed by atoms with van der Waals surface area (Å²) in [6.07, 6.45) is 16.3. The number of aliphatic carboxylic acids is 1. The lowest BCUT2D eigenvalue weighted by atomic mass is 9.34. The number of likely N-dealkylation sites (tertiary alicyclic amines) is 1. The van der Waals surface area contributed by atoms with Gasteiger partial charge in [0.15, 0.2) is 0 Å². The van der Waals surface area contributed by atoms with E-state index in [4.69, 9.17) is 0 Å². The van der Waals surface area contributed by atoms with Crippen molar-refractivity contribution in [3.63, 3.8) is 0 Å². The van der Waals surface area contributed by atoms with Crippen molar-refractivity contribution in [2.75, 3.05) is 50.8 Å². The lowest BCUT2D eigenvalue weighted by molar-refractivity contribution is -0.229. The number of fused-ring (bicyclic) bond motifs is 7. The number of carbonyl (C=O) groups is 3. The maximum absolute atomic E-state index is 13.4. The van der Waals surface area contributed by atoms with Crippen molar-refractivity contribution in [3.05, 3.63) is 12.7 Å². The quantitative estimate of drug-likeness (QED) is 0.169. The van der Waals surface area contributed by atoms with Crippen molar-refractivity contribution in [3.8, 4) is 0 Å². The van der Waals surface area contributed by atoms with Crippen LogP contribution in [0.2, 0.25) is 0 Å². The highest BCUT2D eigenvalue weighted by molar-refractivity contribution is 7.85. The van der Waals surface area contributed by atoms with Gasteiger partial charge in [-0.1, -0.05) is 33.3 Å². The summed E-state index contributed by atoms with van der Waals surface area (Å²) in [5.41, 5.74) is -0.0866. The fourth-order valence-electron chi connectivity index (χ4n) is 13.2. The number of piperidine rings is 1. The molecular weight excluding hydrogens is 661 g/mol. The number of allylic oxidation sites excluding steroid dienone is 1. The standard InChI is InChI=1S/C38H62N4O5S.C3H6/c1-26-27-10-12-36(4)30(34(27,2)17-20-42(26)32(44)31(43)40-38(15-16-38)33(45)46)9-8-28-29-7-5-11-37(29,14-13-35(28,36)3)25-39-18-6-19-41-21-23-48(47)24-22-41;1-3-2/h26-30,39H,5-25H2,1-4H3,(H,40,43)(H,45,46);3H,1H2,2H3/t26?,27?,28?,29-,30?,34?,35-,36?,37?;/m1./s1. The first kappa shape index (κ1) is 38.9. The van der Waals surface area contributed by atoms with E-state index in [0.717, 1.165) is 68.9 Å². The van der Waals surface area contributed by atoms with Crippen LogP contribution in [0.3, 0.4) is 0 Å². The van der Waals surface area contributed by atoms with Crippen LogP contribution < -0.4 is 10.6 Å². The molecule has 0 aromatic rings. The summed E-state index contributed by atoms with van der Waals surface area (Å²) >= 11 is 0. The molecule has 5 saturated carbocycles. The maximum Gasteiger partial charge on any atom is 0.329 e. The fraction of sp³-hybridized carbons (Fsp3) is 0.878. The Bertz CT molecular complexity index is 1360. The first-order valence-electron chi connectivity index (χ1n) is 20.4. The van der Waals surface area contributed by atoms with Crippen molar-refractivity contribution in [2.24, 2.45) is 45.3 Å². The van der Waals surface area contributed by atoms with Crippen LogP contribution in [-0.2, 0) is 25.2 Å². The summed E-state index contributed by atoms with van der Waals surface area (Å²) in [7, 11) is -0.603. The van der Waals surface area contributed by atoms with Gasteiger partial charge in [-0.2, -0.15) is 0 Å². The van der Waals surface area contributed by atoms with Gasteiger partial charge in [0.1, 0.15) is 5.54 Å². The van der Waals surface area contributed by atoms with E-state index >= 15 is 0 Å². The molecule has 2 amide bonds. The first-order valence-corrected chi connectivity index (χ1v) is 21.9. The van der Waals surface area contributed by atoms with Crippen LogP contribution in [0.4, 0.5) is 0 Å². The number of carbonyl (C=O) groups excluding carboxylic acids is 2. The molecular formula is C41H68N4O5S. The van der Waals surface area contributed by atoms with Crippen LogP contribution in [0, 0.1) is 45.3 Å². The van der Waals surface area contributed by atoms with E-state index in [2.05, 4.69) is 49.8 Å². The number of hydrogen-bond acceptors (Lipinski definition) is 6. The Morgan fingerprint density at radius 1 is 0.882 bits per heavy atom. The number of hydrogen-bond donors (Lipinski definition) is 3. The average Bonchev–Trinajstić information content (AvgIpc) is 3.76. The molecule has 2 heterocycles. The van der Waals surface area contributed by atoms with Gasteiger partial charge in [-0.3, -0.25) is 13.8 Å². The maximum atomic E-state index is 13.4. The van der Waals surface area contributed by atoms with Crippen LogP contribution in [0.1, 0.15) is 118 Å². The minimum Gasteiger partial charge on any atom is -0.480 e. The molecule has 10 heteroatoms. The lowest BCUT2D eigenvalue weighted by Gasteiger charge is -2.72. The van der Waals surface area contributed by atoms with Gasteiger partial charge in [-0.25, -0.2) is 4.79 Å². The predicted molar refractivity (Wildman–Crippen MR) is 203 cm³/mol. The van der Waals surface area contributed by atoms with E-state index in [1.165, 1.54) is 57.8 Å². The zero-order chi connectivity index (χ0) is 36.8. The third-order valence-corrected chi connectivity index (χ3v) is 17.7. The van der Waals surface area contributed by atoms with Crippen LogP contribution in [0.5, 0.6) is 0 Å². The molecule has 7 fully saturated rings. The molecule has 288 valence electrons. The van der Waals surface area contributed by atoms with Gasteiger partial charge in [0, 0.05) is 54.5 Å². The number of carboxylic acids is 1. The highest BCUT2D eigenvalue weighted by Gasteiger charge is 2.69. The normalized spacial score (nSPS) is 41.4. The molecule has 9 nitrogen and oxygen atoms in total. The predicted octanol–water partition coefficient (Wildman–Crippen LogP) is 5.61. The van der Waals surface area contributed by atoms with Crippen molar-refractivity contribution < 1.29 is 23.7 Å². The average molecular weight is 729 g/mol. The number of rotatable bonds is 8. The van der Waals surface area contributed by atoms with Crippen molar-refractivity contribution >= 4 is 28.6 Å². The Morgan fingerprint density at radius 3 is 2.25 bits per heavy atom. The molecule has 9 atom stereocenters. The smallest absolute Gasteiger partial charge is 0.329 e. The molecule has 0 spiro atoms. The van der Waals surface area contributed by atoms with E-state index in [9.17, 15) is 23.7 Å². The largest absolute Gasteiger partial charge is 0.480 e. The minimum atomic E-state index is -1.24. The summed E-state index contributed by atoms with van der Waals surface area (Å²) in [4.78, 5) is 42.3. The van der Waals surface area contributed by atoms with Crippen molar-refractivity contribution in [1.82, 2.24) is 20.4 Å². The Kier molecular flexibility index (Phi) is 11.3. The monoisotopic (exact) mass is 728 g/mol. The number of amides is 2. The Hall–Kier alpha value is -1.78. The van der Waals surface area contributed by atoms with Crippen LogP contribution >= 0.6 is 0 Å². The van der Waals surface area contributed by atoms with Gasteiger partial charge < -0.3 is 25.5 Å². The molecule has 0 aromatic carbocycles. The molecule has 7 rings (SSSR count). The molecule has 2 saturated heterocycles. The SMILES string of the molecule is C=CC.CC1C2CCC3(C)C(CCC4[C@H]5CCCC5(CNCCCN5CCS(=O)CC5)CC[C@]43C)C2(C)CCN1C(=O)C(=O)NC1(C(=O)O)CC1. The molecule has 5 aliphatic carbocycles. The Morgan fingerprint density at radius 2 is 1.59 bits per heavy atom. The van der Waals surface area contributed by atoms with E-state index in [-0.39, 0.29) is 16.9 Å². The van der Waals surface area contributed by atoms with E-state index < -0.39 is 34.1 Å². The van der Waals surface area contributed by atoms with E-state index in [0.29, 0.717) is 42.1 Å². The summed E-state index contributed by atoms with van der Waals surface area (Å²) in [5.74, 6) is 1.87. The number of nitrogens with zero attached hydrogens (tertiary/aromatic N) is 2. The third kappa shape index (κ3) is 6.78. The lowest BCUT2D eigenvalue weighted by Crippen LogP contribution is -2.68. The molecule has 2 aliphatic heterocycles. The van der Waals surface area contributed by atoms with Gasteiger partial charge >= 0.3 is 17.8 Å². The first-order chi connectivity index (χ1) is 24.2. The third-order valence-electron chi connectivity index (χ3n) is 16.4. The minimum absolute atomic E-state index is 0.0316. The number of nitrogens with one attached hydrogen (secondary N) is 2. The van der Waals surface area contributed by atoms with Gasteiger partial charge in [-0.15, -0.1) is 6.58 Å². The van der Waals surface area contributed by atoms with Crippen LogP contribution in [-0.4, -0.2) is 99.3 Å². The Balaban J connectivity index is 0.00000144. The number of carboxylic acid groups (broad SMARTS) is 1. The molecule has 7 unspecified atom stereocenters. The zero-order valence-electron chi connectivity index (χ0n) is 32.4. The second-order valence-corrected chi connectivity index (χ2v) is 20.2. The summed E-state index contributed by atoms with van der Waals surface area (Å²) in [6, 6.07) is -0.0316. The van der Waals surface area contributed by atoms with Crippen molar-refractivity contribution in [2.45, 2.75) is 130 Å². The van der Waals surface area contributed by atoms with E-state index in [1.807, 2.05) is 6.92 Å². The molecule has 0 aromatic heterocycles.